The molecule has 174 valence electrons. The molecule has 2 aromatic rings. The molecule has 9 nitrogen and oxygen atoms in total. The molecule has 0 bridgehead atoms. The summed E-state index contributed by atoms with van der Waals surface area (Å²) in [5.41, 5.74) is 1.48. The number of hydrogen-bond donors (Lipinski definition) is 1. The second-order valence-electron chi connectivity index (χ2n) is 9.09. The minimum atomic E-state index is -0.584. The number of rotatable bonds is 7. The van der Waals surface area contributed by atoms with Crippen molar-refractivity contribution in [1.82, 2.24) is 20.4 Å². The summed E-state index contributed by atoms with van der Waals surface area (Å²) >= 11 is 0. The van der Waals surface area contributed by atoms with Gasteiger partial charge in [-0.25, -0.2) is 4.79 Å². The first kappa shape index (κ1) is 23.6. The van der Waals surface area contributed by atoms with Crippen LogP contribution in [0.5, 0.6) is 0 Å². The summed E-state index contributed by atoms with van der Waals surface area (Å²) in [6, 6.07) is 8.01. The zero-order valence-electron chi connectivity index (χ0n) is 19.4. The highest BCUT2D eigenvalue weighted by molar-refractivity contribution is 5.81. The van der Waals surface area contributed by atoms with Gasteiger partial charge in [-0.2, -0.15) is 4.98 Å². The first-order valence-electron chi connectivity index (χ1n) is 11.1. The smallest absolute Gasteiger partial charge is 0.408 e. The Bertz CT molecular complexity index is 898. The van der Waals surface area contributed by atoms with Crippen LogP contribution in [-0.2, 0) is 22.6 Å². The number of aromatic nitrogens is 2. The molecule has 1 aromatic carbocycles. The van der Waals surface area contributed by atoms with E-state index >= 15 is 0 Å². The van der Waals surface area contributed by atoms with Crippen LogP contribution in [0.2, 0.25) is 0 Å². The zero-order chi connectivity index (χ0) is 23.1. The number of hydrogen-bond acceptors (Lipinski definition) is 7. The van der Waals surface area contributed by atoms with E-state index in [9.17, 15) is 9.59 Å². The number of benzene rings is 1. The predicted octanol–water partition coefficient (Wildman–Crippen LogP) is 3.42. The number of ether oxygens (including phenoxy) is 1. The molecule has 0 unspecified atom stereocenters. The van der Waals surface area contributed by atoms with E-state index in [4.69, 9.17) is 9.26 Å². The fourth-order valence-electron chi connectivity index (χ4n) is 3.46. The molecule has 0 aliphatic carbocycles. The second-order valence-corrected chi connectivity index (χ2v) is 9.09. The van der Waals surface area contributed by atoms with Crippen LogP contribution in [0.1, 0.15) is 57.3 Å². The summed E-state index contributed by atoms with van der Waals surface area (Å²) in [5.74, 6) is 0.815. The van der Waals surface area contributed by atoms with Crippen molar-refractivity contribution in [2.45, 2.75) is 65.6 Å². The van der Waals surface area contributed by atoms with Crippen LogP contribution >= 0.6 is 0 Å². The van der Waals surface area contributed by atoms with Crippen LogP contribution in [0.3, 0.4) is 0 Å². The quantitative estimate of drug-likeness (QED) is 0.700. The first-order chi connectivity index (χ1) is 15.2. The molecule has 1 aliphatic heterocycles. The largest absolute Gasteiger partial charge is 0.444 e. The molecule has 0 spiro atoms. The normalized spacial score (nSPS) is 14.2. The Labute approximate surface area is 189 Å². The van der Waals surface area contributed by atoms with E-state index in [1.165, 1.54) is 6.42 Å². The van der Waals surface area contributed by atoms with E-state index in [1.54, 1.807) is 20.8 Å². The number of likely N-dealkylation sites (tertiary alicyclic amines) is 1. The van der Waals surface area contributed by atoms with Gasteiger partial charge in [0.05, 0.1) is 13.1 Å². The maximum atomic E-state index is 12.9. The number of piperidine rings is 1. The molecule has 32 heavy (non-hydrogen) atoms. The summed E-state index contributed by atoms with van der Waals surface area (Å²) in [6.07, 6.45) is 2.73. The Kier molecular flexibility index (Phi) is 7.71. The van der Waals surface area contributed by atoms with Gasteiger partial charge in [-0.15, -0.1) is 0 Å². The molecule has 3 rings (SSSR count). The Hall–Kier alpha value is -3.10. The molecule has 1 fully saturated rings. The Morgan fingerprint density at radius 2 is 1.84 bits per heavy atom. The average molecular weight is 444 g/mol. The van der Waals surface area contributed by atoms with Crippen molar-refractivity contribution in [2.24, 2.45) is 0 Å². The van der Waals surface area contributed by atoms with E-state index < -0.39 is 11.7 Å². The second kappa shape index (κ2) is 10.5. The number of carbonyl (C=O) groups is 2. The van der Waals surface area contributed by atoms with Gasteiger partial charge in [-0.1, -0.05) is 22.9 Å². The third-order valence-electron chi connectivity index (χ3n) is 5.06. The van der Waals surface area contributed by atoms with E-state index in [-0.39, 0.29) is 24.9 Å². The first-order valence-corrected chi connectivity index (χ1v) is 11.1. The van der Waals surface area contributed by atoms with Crippen LogP contribution in [0, 0.1) is 6.92 Å². The topological polar surface area (TPSA) is 101 Å². The number of alkyl carbamates (subject to hydrolysis) is 1. The summed E-state index contributed by atoms with van der Waals surface area (Å²) in [4.78, 5) is 33.0. The summed E-state index contributed by atoms with van der Waals surface area (Å²) < 4.78 is 10.5. The van der Waals surface area contributed by atoms with Gasteiger partial charge in [-0.3, -0.25) is 4.79 Å². The molecule has 0 atom stereocenters. The molecule has 0 saturated carbocycles. The highest BCUT2D eigenvalue weighted by Crippen LogP contribution is 2.19. The van der Waals surface area contributed by atoms with Gasteiger partial charge in [0.25, 0.3) is 0 Å². The Morgan fingerprint density at radius 3 is 2.50 bits per heavy atom. The standard InChI is InChI=1S/C23H33N5O4/c1-17-8-10-18(11-9-17)28(16-21(29)27-12-6-5-7-13-27)15-19-25-20(32-26-19)14-24-22(30)31-23(2,3)4/h8-11H,5-7,12-16H2,1-4H3,(H,24,30). The highest BCUT2D eigenvalue weighted by atomic mass is 16.6. The van der Waals surface area contributed by atoms with Crippen LogP contribution in [-0.4, -0.2) is 52.3 Å². The van der Waals surface area contributed by atoms with Crippen LogP contribution in [0.15, 0.2) is 28.8 Å². The third kappa shape index (κ3) is 7.25. The average Bonchev–Trinajstić information content (AvgIpc) is 3.19. The van der Waals surface area contributed by atoms with E-state index in [0.717, 1.165) is 37.2 Å². The maximum absolute atomic E-state index is 12.9. The molecule has 1 aromatic heterocycles. The molecule has 2 heterocycles. The number of carbonyl (C=O) groups excluding carboxylic acids is 2. The summed E-state index contributed by atoms with van der Waals surface area (Å²) in [6.45, 7) is 9.65. The van der Waals surface area contributed by atoms with Crippen molar-refractivity contribution >= 4 is 17.7 Å². The zero-order valence-corrected chi connectivity index (χ0v) is 19.4. The van der Waals surface area contributed by atoms with Crippen molar-refractivity contribution in [3.05, 3.63) is 41.5 Å². The van der Waals surface area contributed by atoms with Crippen LogP contribution in [0.25, 0.3) is 0 Å². The van der Waals surface area contributed by atoms with Crippen molar-refractivity contribution in [3.63, 3.8) is 0 Å². The maximum Gasteiger partial charge on any atom is 0.408 e. The monoisotopic (exact) mass is 443 g/mol. The number of anilines is 1. The van der Waals surface area contributed by atoms with Crippen LogP contribution in [0.4, 0.5) is 10.5 Å². The number of aryl methyl sites for hydroxylation is 1. The highest BCUT2D eigenvalue weighted by Gasteiger charge is 2.22. The van der Waals surface area contributed by atoms with Gasteiger partial charge in [0.15, 0.2) is 5.82 Å². The fraction of sp³-hybridized carbons (Fsp3) is 0.565. The summed E-state index contributed by atoms with van der Waals surface area (Å²) in [7, 11) is 0. The Morgan fingerprint density at radius 1 is 1.16 bits per heavy atom. The lowest BCUT2D eigenvalue weighted by atomic mass is 10.1. The van der Waals surface area contributed by atoms with Crippen molar-refractivity contribution < 1.29 is 18.8 Å². The molecular formula is C23H33N5O4. The van der Waals surface area contributed by atoms with Crippen LogP contribution < -0.4 is 10.2 Å². The van der Waals surface area contributed by atoms with Gasteiger partial charge >= 0.3 is 6.09 Å². The van der Waals surface area contributed by atoms with Crippen molar-refractivity contribution in [2.75, 3.05) is 24.5 Å². The van der Waals surface area contributed by atoms with Crippen molar-refractivity contribution in [1.29, 1.82) is 0 Å². The SMILES string of the molecule is Cc1ccc(N(CC(=O)N2CCCCC2)Cc2noc(CNC(=O)OC(C)(C)C)n2)cc1. The Balaban J connectivity index is 1.65. The predicted molar refractivity (Wildman–Crippen MR) is 120 cm³/mol. The molecular weight excluding hydrogens is 410 g/mol. The van der Waals surface area contributed by atoms with Crippen molar-refractivity contribution in [3.8, 4) is 0 Å². The minimum Gasteiger partial charge on any atom is -0.444 e. The van der Waals surface area contributed by atoms with E-state index in [0.29, 0.717) is 12.4 Å². The summed E-state index contributed by atoms with van der Waals surface area (Å²) in [5, 5.41) is 6.63. The number of amides is 2. The lowest BCUT2D eigenvalue weighted by Crippen LogP contribution is -2.42. The van der Waals surface area contributed by atoms with Gasteiger partial charge in [-0.05, 0) is 59.1 Å². The number of nitrogens with zero attached hydrogens (tertiary/aromatic N) is 4. The molecule has 0 radical (unpaired) electrons. The fourth-order valence-corrected chi connectivity index (χ4v) is 3.46. The van der Waals surface area contributed by atoms with Gasteiger partial charge in [0.1, 0.15) is 12.1 Å². The third-order valence-corrected chi connectivity index (χ3v) is 5.06. The molecule has 1 aliphatic rings. The molecule has 9 heteroatoms. The number of nitrogens with one attached hydrogen (secondary N) is 1. The lowest BCUT2D eigenvalue weighted by molar-refractivity contribution is -0.130. The molecule has 1 saturated heterocycles. The van der Waals surface area contributed by atoms with E-state index in [1.807, 2.05) is 41.0 Å². The molecule has 1 N–H and O–H groups in total. The van der Waals surface area contributed by atoms with E-state index in [2.05, 4.69) is 15.5 Å². The van der Waals surface area contributed by atoms with Gasteiger partial charge in [0, 0.05) is 18.8 Å². The van der Waals surface area contributed by atoms with Gasteiger partial charge < -0.3 is 24.4 Å². The lowest BCUT2D eigenvalue weighted by Gasteiger charge is -2.30. The van der Waals surface area contributed by atoms with Gasteiger partial charge in [0.2, 0.25) is 11.8 Å². The molecule has 2 amide bonds. The minimum absolute atomic E-state index is 0.0686.